The third-order valence-corrected chi connectivity index (χ3v) is 4.83. The van der Waals surface area contributed by atoms with Crippen molar-refractivity contribution in [2.75, 3.05) is 10.7 Å². The van der Waals surface area contributed by atoms with Gasteiger partial charge in [-0.05, 0) is 30.3 Å². The summed E-state index contributed by atoms with van der Waals surface area (Å²) in [7, 11) is -3.18. The molecule has 1 heterocycles. The van der Waals surface area contributed by atoms with E-state index in [1.54, 1.807) is 30.0 Å². The molecule has 1 aromatic rings. The van der Waals surface area contributed by atoms with Crippen molar-refractivity contribution in [3.8, 4) is 0 Å². The third-order valence-electron chi connectivity index (χ3n) is 2.92. The normalized spacial score (nSPS) is 20.4. The Kier molecular flexibility index (Phi) is 4.10. The van der Waals surface area contributed by atoms with Crippen LogP contribution in [0.25, 0.3) is 0 Å². The first kappa shape index (κ1) is 14.3. The van der Waals surface area contributed by atoms with Crippen LogP contribution in [0.1, 0.15) is 13.3 Å². The molecule has 2 rings (SSSR count). The standard InChI is InChI=1S/C13H14BrNO3S/c1-2-13(16)15(11-5-3-10(14)4-6-11)12-7-8-19(17,18)9-12/h3-8,12H,2,9H2,1H3/t12-/m0/s1. The van der Waals surface area contributed by atoms with Crippen LogP contribution in [0.15, 0.2) is 40.2 Å². The minimum Gasteiger partial charge on any atom is -0.304 e. The molecule has 0 aromatic heterocycles. The van der Waals surface area contributed by atoms with E-state index in [1.165, 1.54) is 5.41 Å². The Morgan fingerprint density at radius 3 is 2.47 bits per heavy atom. The lowest BCUT2D eigenvalue weighted by molar-refractivity contribution is -0.118. The zero-order valence-electron chi connectivity index (χ0n) is 10.4. The average molecular weight is 344 g/mol. The fraction of sp³-hybridized carbons (Fsp3) is 0.308. The Labute approximate surface area is 121 Å². The van der Waals surface area contributed by atoms with E-state index in [1.807, 2.05) is 12.1 Å². The molecule has 0 saturated carbocycles. The highest BCUT2D eigenvalue weighted by atomic mass is 79.9. The first-order valence-electron chi connectivity index (χ1n) is 5.91. The zero-order valence-corrected chi connectivity index (χ0v) is 12.8. The largest absolute Gasteiger partial charge is 0.304 e. The van der Waals surface area contributed by atoms with Gasteiger partial charge in [0.25, 0.3) is 0 Å². The van der Waals surface area contributed by atoms with Crippen molar-refractivity contribution in [2.24, 2.45) is 0 Å². The van der Waals surface area contributed by atoms with Crippen molar-refractivity contribution in [2.45, 2.75) is 19.4 Å². The van der Waals surface area contributed by atoms with Gasteiger partial charge in [0.05, 0.1) is 11.8 Å². The van der Waals surface area contributed by atoms with E-state index in [2.05, 4.69) is 15.9 Å². The number of carbonyl (C=O) groups is 1. The molecule has 1 atom stereocenters. The van der Waals surface area contributed by atoms with Gasteiger partial charge in [0.1, 0.15) is 0 Å². The predicted octanol–water partition coefficient (Wildman–Crippen LogP) is 2.50. The lowest BCUT2D eigenvalue weighted by atomic mass is 10.2. The molecule has 19 heavy (non-hydrogen) atoms. The number of nitrogens with zero attached hydrogens (tertiary/aromatic N) is 1. The molecule has 102 valence electrons. The van der Waals surface area contributed by atoms with Crippen LogP contribution in [0.5, 0.6) is 0 Å². The highest BCUT2D eigenvalue weighted by molar-refractivity contribution is 9.10. The molecule has 0 fully saturated rings. The van der Waals surface area contributed by atoms with Crippen molar-refractivity contribution in [1.29, 1.82) is 0 Å². The molecule has 0 N–H and O–H groups in total. The number of benzene rings is 1. The molecule has 0 radical (unpaired) electrons. The van der Waals surface area contributed by atoms with Crippen LogP contribution in [0.3, 0.4) is 0 Å². The molecule has 0 aliphatic carbocycles. The van der Waals surface area contributed by atoms with Gasteiger partial charge >= 0.3 is 0 Å². The van der Waals surface area contributed by atoms with Crippen LogP contribution in [-0.2, 0) is 14.6 Å². The minimum absolute atomic E-state index is 0.0468. The molecule has 0 spiro atoms. The summed E-state index contributed by atoms with van der Waals surface area (Å²) in [5.41, 5.74) is 0.710. The van der Waals surface area contributed by atoms with Crippen LogP contribution in [-0.4, -0.2) is 26.1 Å². The number of amides is 1. The monoisotopic (exact) mass is 343 g/mol. The number of anilines is 1. The average Bonchev–Trinajstić information content (AvgIpc) is 2.72. The maximum absolute atomic E-state index is 12.1. The smallest absolute Gasteiger partial charge is 0.227 e. The van der Waals surface area contributed by atoms with Crippen molar-refractivity contribution in [1.82, 2.24) is 0 Å². The molecule has 0 bridgehead atoms. The highest BCUT2D eigenvalue weighted by Gasteiger charge is 2.30. The predicted molar refractivity (Wildman–Crippen MR) is 78.6 cm³/mol. The van der Waals surface area contributed by atoms with Crippen molar-refractivity contribution in [3.05, 3.63) is 40.2 Å². The second kappa shape index (κ2) is 5.46. The fourth-order valence-corrected chi connectivity index (χ4v) is 3.55. The van der Waals surface area contributed by atoms with Gasteiger partial charge in [0, 0.05) is 22.0 Å². The van der Waals surface area contributed by atoms with Gasteiger partial charge in [-0.25, -0.2) is 8.42 Å². The number of hydrogen-bond acceptors (Lipinski definition) is 3. The summed E-state index contributed by atoms with van der Waals surface area (Å²) in [5, 5.41) is 1.19. The lowest BCUT2D eigenvalue weighted by Crippen LogP contribution is -2.40. The highest BCUT2D eigenvalue weighted by Crippen LogP contribution is 2.25. The number of carbonyl (C=O) groups excluding carboxylic acids is 1. The summed E-state index contributed by atoms with van der Waals surface area (Å²) in [4.78, 5) is 13.6. The van der Waals surface area contributed by atoms with Gasteiger partial charge in [0.2, 0.25) is 5.91 Å². The lowest BCUT2D eigenvalue weighted by Gasteiger charge is -2.27. The number of halogens is 1. The molecule has 1 aromatic carbocycles. The zero-order chi connectivity index (χ0) is 14.0. The van der Waals surface area contributed by atoms with Crippen LogP contribution in [0, 0.1) is 0 Å². The summed E-state index contributed by atoms with van der Waals surface area (Å²) >= 11 is 3.34. The van der Waals surface area contributed by atoms with E-state index in [0.717, 1.165) is 4.47 Å². The molecule has 1 amide bonds. The summed E-state index contributed by atoms with van der Waals surface area (Å²) in [5.74, 6) is -0.136. The molecular weight excluding hydrogens is 330 g/mol. The maximum Gasteiger partial charge on any atom is 0.227 e. The quantitative estimate of drug-likeness (QED) is 0.847. The molecule has 0 saturated heterocycles. The van der Waals surface area contributed by atoms with Gasteiger partial charge in [-0.3, -0.25) is 4.79 Å². The van der Waals surface area contributed by atoms with Gasteiger partial charge in [0.15, 0.2) is 9.84 Å². The molecule has 6 heteroatoms. The first-order valence-corrected chi connectivity index (χ1v) is 8.42. The maximum atomic E-state index is 12.1. The second-order valence-electron chi connectivity index (χ2n) is 4.32. The van der Waals surface area contributed by atoms with Gasteiger partial charge in [-0.1, -0.05) is 22.9 Å². The van der Waals surface area contributed by atoms with Crippen molar-refractivity contribution < 1.29 is 13.2 Å². The summed E-state index contributed by atoms with van der Waals surface area (Å²) in [6.07, 6.45) is 1.91. The van der Waals surface area contributed by atoms with Crippen molar-refractivity contribution in [3.63, 3.8) is 0 Å². The fourth-order valence-electron chi connectivity index (χ4n) is 2.01. The Hall–Kier alpha value is -1.14. The van der Waals surface area contributed by atoms with Gasteiger partial charge < -0.3 is 4.90 Å². The molecule has 1 aliphatic rings. The van der Waals surface area contributed by atoms with E-state index in [0.29, 0.717) is 12.1 Å². The van der Waals surface area contributed by atoms with E-state index in [4.69, 9.17) is 0 Å². The summed E-state index contributed by atoms with van der Waals surface area (Å²) in [6.45, 7) is 1.77. The minimum atomic E-state index is -3.18. The number of rotatable bonds is 3. The molecule has 0 unspecified atom stereocenters. The Bertz CT molecular complexity index is 607. The third kappa shape index (κ3) is 3.25. The van der Waals surface area contributed by atoms with E-state index >= 15 is 0 Å². The van der Waals surface area contributed by atoms with Crippen molar-refractivity contribution >= 4 is 37.4 Å². The first-order chi connectivity index (χ1) is 8.93. The van der Waals surface area contributed by atoms with E-state index in [-0.39, 0.29) is 11.7 Å². The van der Waals surface area contributed by atoms with Crippen LogP contribution in [0.2, 0.25) is 0 Å². The van der Waals surface area contributed by atoms with Gasteiger partial charge in [-0.2, -0.15) is 0 Å². The summed E-state index contributed by atoms with van der Waals surface area (Å²) < 4.78 is 23.9. The number of sulfone groups is 1. The summed E-state index contributed by atoms with van der Waals surface area (Å²) in [6, 6.07) is 6.85. The van der Waals surface area contributed by atoms with Crippen LogP contribution >= 0.6 is 15.9 Å². The van der Waals surface area contributed by atoms with Crippen LogP contribution < -0.4 is 4.90 Å². The second-order valence-corrected chi connectivity index (χ2v) is 7.17. The SMILES string of the molecule is CCC(=O)N(c1ccc(Br)cc1)[C@H]1C=CS(=O)(=O)C1. The number of hydrogen-bond donors (Lipinski definition) is 0. The molecular formula is C13H14BrNO3S. The Morgan fingerprint density at radius 2 is 2.00 bits per heavy atom. The Morgan fingerprint density at radius 1 is 1.37 bits per heavy atom. The Balaban J connectivity index is 2.35. The topological polar surface area (TPSA) is 54.5 Å². The van der Waals surface area contributed by atoms with Crippen LogP contribution in [0.4, 0.5) is 5.69 Å². The van der Waals surface area contributed by atoms with E-state index < -0.39 is 15.9 Å². The van der Waals surface area contributed by atoms with Gasteiger partial charge in [-0.15, -0.1) is 0 Å². The van der Waals surface area contributed by atoms with E-state index in [9.17, 15) is 13.2 Å². The molecule has 1 aliphatic heterocycles. The molecule has 4 nitrogen and oxygen atoms in total.